The van der Waals surface area contributed by atoms with Crippen molar-refractivity contribution >= 4 is 38.7 Å². The van der Waals surface area contributed by atoms with Gasteiger partial charge in [-0.2, -0.15) is 5.10 Å². The van der Waals surface area contributed by atoms with Crippen LogP contribution in [0.4, 0.5) is 17.6 Å². The van der Waals surface area contributed by atoms with Crippen molar-refractivity contribution in [3.05, 3.63) is 131 Å². The molecule has 0 bridgehead atoms. The molecule has 0 saturated carbocycles. The van der Waals surface area contributed by atoms with Gasteiger partial charge in [-0.3, -0.25) is 4.79 Å². The van der Waals surface area contributed by atoms with Crippen molar-refractivity contribution in [2.45, 2.75) is 49.5 Å². The minimum Gasteiger partial charge on any atom is -0.466 e. The lowest BCUT2D eigenvalue weighted by molar-refractivity contribution is -0.143. The number of hydrogen-bond donors (Lipinski definition) is 0. The summed E-state index contributed by atoms with van der Waals surface area (Å²) in [5.41, 5.74) is 1.61. The first-order valence-corrected chi connectivity index (χ1v) is 18.9. The van der Waals surface area contributed by atoms with E-state index in [0.717, 1.165) is 27.9 Å². The second-order valence-electron chi connectivity index (χ2n) is 11.9. The molecule has 1 atom stereocenters. The Morgan fingerprint density at radius 3 is 2.40 bits per heavy atom. The number of thioether (sulfide) groups is 1. The fourth-order valence-corrected chi connectivity index (χ4v) is 7.69. The molecule has 6 aromatic rings. The number of aromatic nitrogens is 3. The smallest absolute Gasteiger partial charge is 0.306 e. The van der Waals surface area contributed by atoms with Gasteiger partial charge in [-0.15, -0.1) is 11.8 Å². The average molecular weight is 752 g/mol. The standard InChI is InChI=1S/C38H33F4N3O5S2/c1-5-49-35(46)16-11-24-7-6-8-27(36(24)41)23(3)31-21-34(51-4)45(43-31)33-19-25(12-15-29(33)39)50-38-30(40)20-32-28(37(38)42)17-18-44(32)52(47,48)26-13-9-22(2)10-14-26/h6-10,12-15,17-21,23H,5,11,16H2,1-4H3. The van der Waals surface area contributed by atoms with Crippen LogP contribution in [0.3, 0.4) is 0 Å². The quantitative estimate of drug-likeness (QED) is 0.0700. The summed E-state index contributed by atoms with van der Waals surface area (Å²) < 4.78 is 102. The highest BCUT2D eigenvalue weighted by molar-refractivity contribution is 7.98. The molecule has 0 spiro atoms. The van der Waals surface area contributed by atoms with Gasteiger partial charge in [0.15, 0.2) is 17.4 Å². The lowest BCUT2D eigenvalue weighted by Gasteiger charge is -2.14. The summed E-state index contributed by atoms with van der Waals surface area (Å²) in [5.74, 6) is -5.46. The Hall–Kier alpha value is -5.08. The van der Waals surface area contributed by atoms with Crippen molar-refractivity contribution in [1.82, 2.24) is 13.8 Å². The van der Waals surface area contributed by atoms with E-state index in [1.54, 1.807) is 63.4 Å². The van der Waals surface area contributed by atoms with E-state index in [1.165, 1.54) is 46.8 Å². The Bertz CT molecular complexity index is 2410. The molecule has 0 N–H and O–H groups in total. The molecule has 2 heterocycles. The number of fused-ring (bicyclic) bond motifs is 1. The van der Waals surface area contributed by atoms with Crippen LogP contribution >= 0.6 is 11.8 Å². The maximum absolute atomic E-state index is 15.8. The monoisotopic (exact) mass is 751 g/mol. The third-order valence-corrected chi connectivity index (χ3v) is 11.0. The van der Waals surface area contributed by atoms with E-state index in [4.69, 9.17) is 9.47 Å². The van der Waals surface area contributed by atoms with Gasteiger partial charge in [-0.25, -0.2) is 34.6 Å². The molecule has 14 heteroatoms. The zero-order valence-electron chi connectivity index (χ0n) is 28.5. The van der Waals surface area contributed by atoms with Crippen LogP contribution in [0.2, 0.25) is 0 Å². The molecule has 4 aromatic carbocycles. The van der Waals surface area contributed by atoms with Crippen LogP contribution in [0, 0.1) is 30.2 Å². The normalized spacial score (nSPS) is 12.3. The lowest BCUT2D eigenvalue weighted by atomic mass is 9.94. The maximum Gasteiger partial charge on any atom is 0.306 e. The Kier molecular flexibility index (Phi) is 10.5. The predicted molar refractivity (Wildman–Crippen MR) is 190 cm³/mol. The number of ether oxygens (including phenoxy) is 2. The molecule has 2 aromatic heterocycles. The molecule has 52 heavy (non-hydrogen) atoms. The number of halogens is 4. The molecule has 0 amide bonds. The van der Waals surface area contributed by atoms with Crippen LogP contribution in [0.5, 0.6) is 11.5 Å². The third kappa shape index (κ3) is 7.04. The molecular formula is C38H33F4N3O5S2. The van der Waals surface area contributed by atoms with Gasteiger partial charge < -0.3 is 9.47 Å². The zero-order chi connectivity index (χ0) is 37.3. The SMILES string of the molecule is CCOC(=O)CCc1cccc(C(C)c2cc(SC)n(-c3cc(Oc4c(F)cc5c(ccn5S(=O)(=O)c5ccc(C)cc5)c4F)ccc3F)n2)c1F. The molecule has 0 radical (unpaired) electrons. The van der Waals surface area contributed by atoms with Gasteiger partial charge >= 0.3 is 5.97 Å². The van der Waals surface area contributed by atoms with E-state index in [2.05, 4.69) is 5.10 Å². The number of carbonyl (C=O) groups is 1. The van der Waals surface area contributed by atoms with Crippen LogP contribution in [-0.4, -0.2) is 41.0 Å². The van der Waals surface area contributed by atoms with E-state index in [1.807, 2.05) is 0 Å². The fourth-order valence-electron chi connectivity index (χ4n) is 5.80. The topological polar surface area (TPSA) is 92.4 Å². The van der Waals surface area contributed by atoms with Gasteiger partial charge in [0.2, 0.25) is 0 Å². The zero-order valence-corrected chi connectivity index (χ0v) is 30.1. The molecular weight excluding hydrogens is 719 g/mol. The molecule has 0 saturated heterocycles. The van der Waals surface area contributed by atoms with E-state index in [-0.39, 0.29) is 46.7 Å². The first kappa shape index (κ1) is 36.7. The number of benzene rings is 4. The van der Waals surface area contributed by atoms with Crippen molar-refractivity contribution in [3.63, 3.8) is 0 Å². The number of rotatable bonds is 12. The summed E-state index contributed by atoms with van der Waals surface area (Å²) in [4.78, 5) is 11.8. The van der Waals surface area contributed by atoms with Gasteiger partial charge in [-0.05, 0) is 74.0 Å². The summed E-state index contributed by atoms with van der Waals surface area (Å²) in [5, 5.41) is 4.87. The predicted octanol–water partition coefficient (Wildman–Crippen LogP) is 9.09. The molecule has 270 valence electrons. The lowest BCUT2D eigenvalue weighted by Crippen LogP contribution is -2.12. The molecule has 0 aliphatic heterocycles. The molecule has 8 nitrogen and oxygen atoms in total. The van der Waals surface area contributed by atoms with Crippen LogP contribution in [0.15, 0.2) is 95.0 Å². The second kappa shape index (κ2) is 14.9. The number of carbonyl (C=O) groups excluding carboxylic acids is 1. The second-order valence-corrected chi connectivity index (χ2v) is 14.6. The Morgan fingerprint density at radius 1 is 0.942 bits per heavy atom. The highest BCUT2D eigenvalue weighted by Gasteiger charge is 2.26. The maximum atomic E-state index is 15.8. The Labute approximate surface area is 302 Å². The summed E-state index contributed by atoms with van der Waals surface area (Å²) in [6.45, 7) is 5.48. The summed E-state index contributed by atoms with van der Waals surface area (Å²) in [6.07, 6.45) is 3.06. The number of esters is 1. The van der Waals surface area contributed by atoms with Gasteiger partial charge in [-0.1, -0.05) is 42.8 Å². The fraction of sp³-hybridized carbons (Fsp3) is 0.211. The molecule has 0 fully saturated rings. The van der Waals surface area contributed by atoms with Crippen LogP contribution < -0.4 is 4.74 Å². The minimum atomic E-state index is -4.18. The molecule has 1 unspecified atom stereocenters. The number of aryl methyl sites for hydroxylation is 2. The van der Waals surface area contributed by atoms with Gasteiger partial charge in [0, 0.05) is 36.1 Å². The van der Waals surface area contributed by atoms with Crippen LogP contribution in [0.1, 0.15) is 48.6 Å². The van der Waals surface area contributed by atoms with E-state index < -0.39 is 50.9 Å². The van der Waals surface area contributed by atoms with Crippen LogP contribution in [-0.2, 0) is 26.0 Å². The Balaban J connectivity index is 1.30. The number of nitrogens with zero attached hydrogens (tertiary/aromatic N) is 3. The molecule has 0 aliphatic carbocycles. The average Bonchev–Trinajstić information content (AvgIpc) is 3.76. The van der Waals surface area contributed by atoms with Crippen molar-refractivity contribution in [2.75, 3.05) is 12.9 Å². The van der Waals surface area contributed by atoms with Crippen molar-refractivity contribution in [1.29, 1.82) is 0 Å². The van der Waals surface area contributed by atoms with E-state index in [0.29, 0.717) is 21.8 Å². The molecule has 6 rings (SSSR count). The van der Waals surface area contributed by atoms with Gasteiger partial charge in [0.05, 0.1) is 27.7 Å². The third-order valence-electron chi connectivity index (χ3n) is 8.58. The highest BCUT2D eigenvalue weighted by Crippen LogP contribution is 2.37. The molecule has 0 aliphatic rings. The van der Waals surface area contributed by atoms with E-state index in [9.17, 15) is 13.2 Å². The van der Waals surface area contributed by atoms with Gasteiger partial charge in [0.25, 0.3) is 10.0 Å². The van der Waals surface area contributed by atoms with Gasteiger partial charge in [0.1, 0.15) is 23.1 Å². The summed E-state index contributed by atoms with van der Waals surface area (Å²) in [6, 6.07) is 18.2. The minimum absolute atomic E-state index is 0.0237. The highest BCUT2D eigenvalue weighted by atomic mass is 32.2. The Morgan fingerprint density at radius 2 is 1.69 bits per heavy atom. The van der Waals surface area contributed by atoms with Crippen LogP contribution in [0.25, 0.3) is 16.6 Å². The van der Waals surface area contributed by atoms with Crippen molar-refractivity contribution in [3.8, 4) is 17.2 Å². The number of hydrogen-bond acceptors (Lipinski definition) is 7. The summed E-state index contributed by atoms with van der Waals surface area (Å²) in [7, 11) is -4.18. The summed E-state index contributed by atoms with van der Waals surface area (Å²) >= 11 is 1.25. The first-order chi connectivity index (χ1) is 24.8. The largest absolute Gasteiger partial charge is 0.466 e. The first-order valence-electron chi connectivity index (χ1n) is 16.2. The van der Waals surface area contributed by atoms with E-state index >= 15 is 17.6 Å². The van der Waals surface area contributed by atoms with Crippen molar-refractivity contribution in [2.24, 2.45) is 0 Å². The van der Waals surface area contributed by atoms with Crippen molar-refractivity contribution < 1.29 is 40.2 Å².